The van der Waals surface area contributed by atoms with Crippen LogP contribution in [0.15, 0.2) is 46.3 Å². The summed E-state index contributed by atoms with van der Waals surface area (Å²) in [4.78, 5) is 18.1. The molecule has 30 heavy (non-hydrogen) atoms. The zero-order valence-corrected chi connectivity index (χ0v) is 17.8. The topological polar surface area (TPSA) is 74.3 Å². The second-order valence-electron chi connectivity index (χ2n) is 7.68. The predicted molar refractivity (Wildman–Crippen MR) is 116 cm³/mol. The Balaban J connectivity index is 1.62. The van der Waals surface area contributed by atoms with Crippen molar-refractivity contribution in [2.45, 2.75) is 52.6 Å². The van der Waals surface area contributed by atoms with Crippen molar-refractivity contribution in [2.75, 3.05) is 0 Å². The summed E-state index contributed by atoms with van der Waals surface area (Å²) in [6.45, 7) is 4.34. The highest BCUT2D eigenvalue weighted by atomic mass is 16.6. The number of oxime groups is 1. The number of aromatic nitrogens is 4. The fourth-order valence-electron chi connectivity index (χ4n) is 4.07. The quantitative estimate of drug-likeness (QED) is 0.465. The van der Waals surface area contributed by atoms with Gasteiger partial charge in [-0.05, 0) is 72.2 Å². The molecular weight excluding hydrogens is 378 g/mol. The summed E-state index contributed by atoms with van der Waals surface area (Å²) in [7, 11) is 1.58. The summed E-state index contributed by atoms with van der Waals surface area (Å²) in [6, 6.07) is 12.2. The van der Waals surface area contributed by atoms with Crippen LogP contribution in [0.4, 0.5) is 0 Å². The molecule has 7 nitrogen and oxygen atoms in total. The molecule has 2 aromatic carbocycles. The molecule has 0 fully saturated rings. The van der Waals surface area contributed by atoms with E-state index in [4.69, 9.17) is 4.84 Å². The molecule has 0 spiro atoms. The summed E-state index contributed by atoms with van der Waals surface area (Å²) in [5.41, 5.74) is 7.25. The number of fused-ring (bicyclic) bond motifs is 1. The van der Waals surface area contributed by atoms with Gasteiger partial charge in [0, 0.05) is 18.2 Å². The number of hydrogen-bond donors (Lipinski definition) is 0. The normalized spacial score (nSPS) is 13.9. The third-order valence-electron chi connectivity index (χ3n) is 5.76. The lowest BCUT2D eigenvalue weighted by atomic mass is 9.86. The van der Waals surface area contributed by atoms with E-state index in [1.807, 2.05) is 25.1 Å². The Labute approximate surface area is 176 Å². The first-order chi connectivity index (χ1) is 14.6. The van der Waals surface area contributed by atoms with Crippen LogP contribution in [0.5, 0.6) is 0 Å². The first kappa shape index (κ1) is 20.1. The Morgan fingerprint density at radius 1 is 1.13 bits per heavy atom. The van der Waals surface area contributed by atoms with E-state index >= 15 is 0 Å². The van der Waals surface area contributed by atoms with Gasteiger partial charge in [0.1, 0.15) is 6.61 Å². The van der Waals surface area contributed by atoms with Gasteiger partial charge in [0.25, 0.3) is 0 Å². The fourth-order valence-corrected chi connectivity index (χ4v) is 4.07. The van der Waals surface area contributed by atoms with Crippen molar-refractivity contribution in [1.29, 1.82) is 0 Å². The van der Waals surface area contributed by atoms with Crippen molar-refractivity contribution in [1.82, 2.24) is 19.8 Å². The maximum Gasteiger partial charge on any atom is 0.368 e. The van der Waals surface area contributed by atoms with Crippen molar-refractivity contribution in [3.8, 4) is 5.69 Å². The first-order valence-corrected chi connectivity index (χ1v) is 10.5. The monoisotopic (exact) mass is 405 g/mol. The number of tetrazole rings is 1. The van der Waals surface area contributed by atoms with Gasteiger partial charge >= 0.3 is 5.69 Å². The van der Waals surface area contributed by atoms with Crippen LogP contribution < -0.4 is 5.69 Å². The lowest BCUT2D eigenvalue weighted by Crippen LogP contribution is -2.23. The molecule has 0 radical (unpaired) electrons. The van der Waals surface area contributed by atoms with Crippen molar-refractivity contribution in [3.63, 3.8) is 0 Å². The van der Waals surface area contributed by atoms with Crippen molar-refractivity contribution in [2.24, 2.45) is 12.2 Å². The van der Waals surface area contributed by atoms with Gasteiger partial charge < -0.3 is 4.84 Å². The first-order valence-electron chi connectivity index (χ1n) is 10.5. The third kappa shape index (κ3) is 3.79. The van der Waals surface area contributed by atoms with Crippen LogP contribution in [-0.2, 0) is 31.3 Å². The standard InChI is InChI=1S/C23H27N5O2/c1-4-21(19-13-8-11-17-10-5-6-12-18(17)19)24-30-15-20-16(2)9-7-14-22(20)28-23(29)27(3)25-26-28/h7-9,11,13-14H,4-6,10,12,15H2,1-3H3. The van der Waals surface area contributed by atoms with Crippen LogP contribution in [0, 0.1) is 6.92 Å². The van der Waals surface area contributed by atoms with Crippen LogP contribution in [0.3, 0.4) is 0 Å². The highest BCUT2D eigenvalue weighted by Crippen LogP contribution is 2.26. The summed E-state index contributed by atoms with van der Waals surface area (Å²) in [5.74, 6) is 0. The minimum Gasteiger partial charge on any atom is -0.391 e. The number of rotatable bonds is 6. The molecular formula is C23H27N5O2. The second-order valence-corrected chi connectivity index (χ2v) is 7.68. The third-order valence-corrected chi connectivity index (χ3v) is 5.76. The molecule has 0 N–H and O–H groups in total. The largest absolute Gasteiger partial charge is 0.391 e. The van der Waals surface area contributed by atoms with E-state index in [0.717, 1.165) is 36.1 Å². The molecule has 0 atom stereocenters. The number of hydrogen-bond acceptors (Lipinski definition) is 5. The molecule has 156 valence electrons. The van der Waals surface area contributed by atoms with E-state index in [2.05, 4.69) is 40.7 Å². The Morgan fingerprint density at radius 2 is 1.93 bits per heavy atom. The molecule has 0 aliphatic heterocycles. The van der Waals surface area contributed by atoms with E-state index in [-0.39, 0.29) is 12.3 Å². The number of benzene rings is 2. The lowest BCUT2D eigenvalue weighted by molar-refractivity contribution is 0.129. The zero-order valence-electron chi connectivity index (χ0n) is 17.8. The van der Waals surface area contributed by atoms with Crippen LogP contribution in [-0.4, -0.2) is 25.5 Å². The van der Waals surface area contributed by atoms with E-state index < -0.39 is 0 Å². The molecule has 1 heterocycles. The summed E-state index contributed by atoms with van der Waals surface area (Å²) >= 11 is 0. The molecule has 1 aliphatic rings. The van der Waals surface area contributed by atoms with E-state index in [1.54, 1.807) is 7.05 Å². The fraction of sp³-hybridized carbons (Fsp3) is 0.391. The molecule has 0 unspecified atom stereocenters. The van der Waals surface area contributed by atoms with Gasteiger partial charge in [0.05, 0.1) is 11.4 Å². The smallest absolute Gasteiger partial charge is 0.368 e. The Bertz CT molecular complexity index is 1140. The predicted octanol–water partition coefficient (Wildman–Crippen LogP) is 3.48. The van der Waals surface area contributed by atoms with Crippen LogP contribution in [0.25, 0.3) is 5.69 Å². The second kappa shape index (κ2) is 8.65. The maximum absolute atomic E-state index is 12.3. The Kier molecular flexibility index (Phi) is 5.79. The van der Waals surface area contributed by atoms with Crippen LogP contribution in [0.1, 0.15) is 54.0 Å². The molecule has 0 amide bonds. The minimum absolute atomic E-state index is 0.254. The lowest BCUT2D eigenvalue weighted by Gasteiger charge is -2.19. The Morgan fingerprint density at radius 3 is 2.70 bits per heavy atom. The molecule has 4 rings (SSSR count). The summed E-state index contributed by atoms with van der Waals surface area (Å²) < 4.78 is 2.50. The van der Waals surface area contributed by atoms with Crippen molar-refractivity contribution >= 4 is 5.71 Å². The SMILES string of the molecule is CCC(=NOCc1c(C)cccc1-n1nnn(C)c1=O)c1cccc2c1CCCC2. The maximum atomic E-state index is 12.3. The average Bonchev–Trinajstić information content (AvgIpc) is 3.10. The molecule has 1 aliphatic carbocycles. The van der Waals surface area contributed by atoms with Gasteiger partial charge in [0.15, 0.2) is 0 Å². The minimum atomic E-state index is -0.296. The zero-order chi connectivity index (χ0) is 21.1. The van der Waals surface area contributed by atoms with Gasteiger partial charge in [-0.15, -0.1) is 0 Å². The van der Waals surface area contributed by atoms with E-state index in [0.29, 0.717) is 5.69 Å². The molecule has 0 saturated carbocycles. The molecule has 0 saturated heterocycles. The van der Waals surface area contributed by atoms with Gasteiger partial charge in [-0.2, -0.15) is 9.36 Å². The van der Waals surface area contributed by atoms with Gasteiger partial charge in [-0.3, -0.25) is 0 Å². The van der Waals surface area contributed by atoms with Crippen molar-refractivity contribution in [3.05, 3.63) is 74.7 Å². The highest BCUT2D eigenvalue weighted by molar-refractivity contribution is 6.01. The Hall–Kier alpha value is -3.22. The summed E-state index contributed by atoms with van der Waals surface area (Å²) in [6.07, 6.45) is 5.51. The van der Waals surface area contributed by atoms with Gasteiger partial charge in [-0.25, -0.2) is 4.79 Å². The van der Waals surface area contributed by atoms with Gasteiger partial charge in [0.2, 0.25) is 0 Å². The van der Waals surface area contributed by atoms with Crippen LogP contribution in [0.2, 0.25) is 0 Å². The van der Waals surface area contributed by atoms with Crippen LogP contribution >= 0.6 is 0 Å². The van der Waals surface area contributed by atoms with Crippen molar-refractivity contribution < 1.29 is 4.84 Å². The average molecular weight is 406 g/mol. The summed E-state index contributed by atoms with van der Waals surface area (Å²) in [5, 5.41) is 12.3. The molecule has 1 aromatic heterocycles. The number of aryl methyl sites for hydroxylation is 3. The van der Waals surface area contributed by atoms with Gasteiger partial charge in [-0.1, -0.05) is 42.4 Å². The molecule has 7 heteroatoms. The molecule has 0 bridgehead atoms. The van der Waals surface area contributed by atoms with E-state index in [1.165, 1.54) is 38.9 Å². The molecule has 3 aromatic rings. The van der Waals surface area contributed by atoms with E-state index in [9.17, 15) is 4.79 Å². The highest BCUT2D eigenvalue weighted by Gasteiger charge is 2.17. The number of nitrogens with zero attached hydrogens (tertiary/aromatic N) is 5.